The second-order valence-corrected chi connectivity index (χ2v) is 12.7. The summed E-state index contributed by atoms with van der Waals surface area (Å²) in [6.45, 7) is 9.13. The highest BCUT2D eigenvalue weighted by atomic mass is 35.5. The molecule has 2 aliphatic rings. The van der Waals surface area contributed by atoms with Crippen LogP contribution >= 0.6 is 11.6 Å². The molecule has 5 rings (SSSR count). The van der Waals surface area contributed by atoms with Crippen LogP contribution in [0.1, 0.15) is 106 Å². The molecule has 0 radical (unpaired) electrons. The minimum Gasteiger partial charge on any atom is -0.345 e. The van der Waals surface area contributed by atoms with Crippen LogP contribution in [0.3, 0.4) is 0 Å². The molecule has 1 aliphatic heterocycles. The van der Waals surface area contributed by atoms with Gasteiger partial charge in [0, 0.05) is 11.1 Å². The summed E-state index contributed by atoms with van der Waals surface area (Å²) in [5, 5.41) is 16.3. The molecule has 1 saturated carbocycles. The van der Waals surface area contributed by atoms with Crippen molar-refractivity contribution in [2.24, 2.45) is 16.3 Å². The van der Waals surface area contributed by atoms with E-state index >= 15 is 0 Å². The SMILES string of the molecule is CCC[C@H](c1ccc(C(=O)NCc2nn[nH]n2)cc1)N1C(=O)C(c2ccc(F)c(Cl)c2)=NC12CCC(C(C)(C)CC)CC2. The van der Waals surface area contributed by atoms with E-state index in [1.807, 2.05) is 17.0 Å². The lowest BCUT2D eigenvalue weighted by Gasteiger charge is -2.48. The second kappa shape index (κ2) is 12.5. The van der Waals surface area contributed by atoms with Gasteiger partial charge in [-0.1, -0.05) is 69.5 Å². The van der Waals surface area contributed by atoms with Gasteiger partial charge in [0.25, 0.3) is 11.8 Å². The fraction of sp³-hybridized carbons (Fsp3) is 0.500. The molecule has 1 spiro atoms. The maximum absolute atomic E-state index is 14.3. The van der Waals surface area contributed by atoms with E-state index in [0.29, 0.717) is 28.6 Å². The lowest BCUT2D eigenvalue weighted by Crippen LogP contribution is -2.51. The van der Waals surface area contributed by atoms with Crippen LogP contribution in [0.5, 0.6) is 0 Å². The molecule has 1 aromatic heterocycles. The normalized spacial score (nSPS) is 21.3. The monoisotopic (exact) mass is 607 g/mol. The van der Waals surface area contributed by atoms with Crippen LogP contribution in [0.25, 0.3) is 0 Å². The number of hydrogen-bond donors (Lipinski definition) is 2. The fourth-order valence-corrected chi connectivity index (χ4v) is 6.65. The van der Waals surface area contributed by atoms with Crippen LogP contribution in [-0.2, 0) is 11.3 Å². The summed E-state index contributed by atoms with van der Waals surface area (Å²) in [5.74, 6) is -0.0322. The standard InChI is InChI=1S/C32H39ClFN7O2/c1-5-7-26(20-8-10-21(11-9-20)29(42)35-19-27-37-39-40-38-27)41-30(43)28(22-12-13-25(34)24(33)18-22)36-32(41)16-14-23(15-17-32)31(3,4)6-2/h8-13,18,23,26H,5-7,14-17,19H2,1-4H3,(H,35,42)(H,37,38,39,40)/t23?,26-,32?/m1/s1. The highest BCUT2D eigenvalue weighted by Gasteiger charge is 2.52. The maximum atomic E-state index is 14.3. The van der Waals surface area contributed by atoms with Crippen molar-refractivity contribution in [1.82, 2.24) is 30.8 Å². The predicted octanol–water partition coefficient (Wildman–Crippen LogP) is 6.42. The third kappa shape index (κ3) is 6.20. The van der Waals surface area contributed by atoms with Crippen molar-refractivity contribution in [3.8, 4) is 0 Å². The van der Waals surface area contributed by atoms with Crippen molar-refractivity contribution in [2.45, 2.75) is 90.9 Å². The third-order valence-corrected chi connectivity index (χ3v) is 9.70. The minimum absolute atomic E-state index is 0.0350. The van der Waals surface area contributed by atoms with Gasteiger partial charge in [-0.15, -0.1) is 10.2 Å². The molecule has 0 saturated heterocycles. The molecule has 43 heavy (non-hydrogen) atoms. The van der Waals surface area contributed by atoms with Crippen molar-refractivity contribution in [3.63, 3.8) is 0 Å². The van der Waals surface area contributed by atoms with E-state index in [1.165, 1.54) is 12.1 Å². The number of nitrogens with zero attached hydrogens (tertiary/aromatic N) is 5. The number of carbonyl (C=O) groups excluding carboxylic acids is 2. The Morgan fingerprint density at radius 1 is 1.19 bits per heavy atom. The molecule has 2 amide bonds. The number of tetrazole rings is 1. The van der Waals surface area contributed by atoms with Crippen LogP contribution in [0.15, 0.2) is 47.5 Å². The van der Waals surface area contributed by atoms with Crippen molar-refractivity contribution >= 4 is 29.1 Å². The smallest absolute Gasteiger partial charge is 0.275 e. The quantitative estimate of drug-likeness (QED) is 0.276. The number of aromatic nitrogens is 4. The van der Waals surface area contributed by atoms with Gasteiger partial charge in [0.1, 0.15) is 17.2 Å². The molecule has 0 unspecified atom stereocenters. The Bertz CT molecular complexity index is 1480. The van der Waals surface area contributed by atoms with E-state index in [9.17, 15) is 14.0 Å². The summed E-state index contributed by atoms with van der Waals surface area (Å²) in [4.78, 5) is 34.3. The first kappa shape index (κ1) is 30.8. The molecule has 2 aromatic carbocycles. The third-order valence-electron chi connectivity index (χ3n) is 9.41. The number of halogens is 2. The highest BCUT2D eigenvalue weighted by Crippen LogP contribution is 2.50. The Kier molecular flexibility index (Phi) is 8.96. The number of aromatic amines is 1. The number of carbonyl (C=O) groups is 2. The predicted molar refractivity (Wildman–Crippen MR) is 163 cm³/mol. The van der Waals surface area contributed by atoms with Crippen molar-refractivity contribution in [3.05, 3.63) is 75.8 Å². The summed E-state index contributed by atoms with van der Waals surface area (Å²) < 4.78 is 14.0. The average molecular weight is 608 g/mol. The van der Waals surface area contributed by atoms with Crippen molar-refractivity contribution in [1.29, 1.82) is 0 Å². The number of nitrogens with one attached hydrogen (secondary N) is 2. The zero-order chi connectivity index (χ0) is 30.8. The largest absolute Gasteiger partial charge is 0.345 e. The molecule has 3 aromatic rings. The first-order chi connectivity index (χ1) is 20.6. The summed E-state index contributed by atoms with van der Waals surface area (Å²) in [5.41, 5.74) is 1.79. The van der Waals surface area contributed by atoms with E-state index in [0.717, 1.165) is 50.5 Å². The van der Waals surface area contributed by atoms with Crippen LogP contribution in [-0.4, -0.2) is 48.7 Å². The molecular weight excluding hydrogens is 569 g/mol. The summed E-state index contributed by atoms with van der Waals surface area (Å²) in [6.07, 6.45) is 6.09. The van der Waals surface area contributed by atoms with Gasteiger partial charge in [-0.3, -0.25) is 14.6 Å². The second-order valence-electron chi connectivity index (χ2n) is 12.3. The first-order valence-corrected chi connectivity index (χ1v) is 15.5. The molecule has 1 aliphatic carbocycles. The summed E-state index contributed by atoms with van der Waals surface area (Å²) in [7, 11) is 0. The van der Waals surface area contributed by atoms with Crippen LogP contribution in [0.2, 0.25) is 5.02 Å². The Morgan fingerprint density at radius 3 is 2.51 bits per heavy atom. The molecule has 2 heterocycles. The minimum atomic E-state index is -0.700. The number of rotatable bonds is 10. The molecule has 228 valence electrons. The molecule has 1 atom stereocenters. The topological polar surface area (TPSA) is 116 Å². The van der Waals surface area contributed by atoms with E-state index < -0.39 is 11.5 Å². The van der Waals surface area contributed by atoms with E-state index in [1.54, 1.807) is 18.2 Å². The van der Waals surface area contributed by atoms with E-state index in [2.05, 4.69) is 53.6 Å². The van der Waals surface area contributed by atoms with E-state index in [-0.39, 0.29) is 34.8 Å². The number of benzene rings is 2. The first-order valence-electron chi connectivity index (χ1n) is 15.1. The number of amides is 2. The fourth-order valence-electron chi connectivity index (χ4n) is 6.47. The van der Waals surface area contributed by atoms with Gasteiger partial charge in [0.2, 0.25) is 0 Å². The number of H-pyrrole nitrogens is 1. The van der Waals surface area contributed by atoms with Crippen molar-refractivity contribution < 1.29 is 14.0 Å². The molecule has 1 fully saturated rings. The van der Waals surface area contributed by atoms with Gasteiger partial charge in [-0.05, 0) is 79.3 Å². The molecule has 9 nitrogen and oxygen atoms in total. The Hall–Kier alpha value is -3.66. The zero-order valence-corrected chi connectivity index (χ0v) is 25.9. The van der Waals surface area contributed by atoms with Gasteiger partial charge in [-0.2, -0.15) is 5.21 Å². The molecular formula is C32H39ClFN7O2. The molecule has 0 bridgehead atoms. The molecule has 2 N–H and O–H groups in total. The van der Waals surface area contributed by atoms with Gasteiger partial charge >= 0.3 is 0 Å². The Labute approximate surface area is 256 Å². The van der Waals surface area contributed by atoms with Gasteiger partial charge in [-0.25, -0.2) is 4.39 Å². The van der Waals surface area contributed by atoms with Gasteiger partial charge in [0.15, 0.2) is 5.82 Å². The van der Waals surface area contributed by atoms with Crippen LogP contribution in [0, 0.1) is 17.2 Å². The Balaban J connectivity index is 1.46. The summed E-state index contributed by atoms with van der Waals surface area (Å²) in [6, 6.07) is 11.5. The summed E-state index contributed by atoms with van der Waals surface area (Å²) >= 11 is 6.14. The number of aliphatic imine (C=N–C) groups is 1. The van der Waals surface area contributed by atoms with Gasteiger partial charge < -0.3 is 10.2 Å². The van der Waals surface area contributed by atoms with Gasteiger partial charge in [0.05, 0.1) is 17.6 Å². The lowest BCUT2D eigenvalue weighted by molar-refractivity contribution is -0.133. The molecule has 11 heteroatoms. The van der Waals surface area contributed by atoms with Crippen LogP contribution in [0.4, 0.5) is 4.39 Å². The number of hydrogen-bond acceptors (Lipinski definition) is 6. The Morgan fingerprint density at radius 2 is 1.91 bits per heavy atom. The van der Waals surface area contributed by atoms with Crippen LogP contribution < -0.4 is 5.32 Å². The lowest BCUT2D eigenvalue weighted by atomic mass is 9.67. The highest BCUT2D eigenvalue weighted by molar-refractivity contribution is 6.47. The van der Waals surface area contributed by atoms with E-state index in [4.69, 9.17) is 16.6 Å². The average Bonchev–Trinajstić information content (AvgIpc) is 3.63. The zero-order valence-electron chi connectivity index (χ0n) is 25.2. The maximum Gasteiger partial charge on any atom is 0.275 e. The van der Waals surface area contributed by atoms with Crippen molar-refractivity contribution in [2.75, 3.05) is 0 Å².